The summed E-state index contributed by atoms with van der Waals surface area (Å²) in [5, 5.41) is 11.1. The molecule has 1 saturated carbocycles. The fourth-order valence-corrected chi connectivity index (χ4v) is 4.79. The molecule has 1 spiro atoms. The first kappa shape index (κ1) is 25.7. The Morgan fingerprint density at radius 1 is 1.08 bits per heavy atom. The molecule has 2 fully saturated rings. The number of aromatic nitrogens is 3. The van der Waals surface area contributed by atoms with Gasteiger partial charge in [-0.25, -0.2) is 9.78 Å². The molecule has 7 nitrogen and oxygen atoms in total. The zero-order valence-electron chi connectivity index (χ0n) is 19.2. The fraction of sp³-hybridized carbons (Fsp3) is 0.360. The average Bonchev–Trinajstić information content (AvgIpc) is 3.19. The molecule has 36 heavy (non-hydrogen) atoms. The lowest BCUT2D eigenvalue weighted by Crippen LogP contribution is -2.39. The van der Waals surface area contributed by atoms with Crippen LogP contribution in [0.25, 0.3) is 11.1 Å². The summed E-state index contributed by atoms with van der Waals surface area (Å²) in [6.45, 7) is 1.15. The van der Waals surface area contributed by atoms with Crippen LogP contribution in [0.1, 0.15) is 31.2 Å². The molecule has 3 aromatic rings. The summed E-state index contributed by atoms with van der Waals surface area (Å²) in [6.07, 6.45) is 1.47. The number of benzene rings is 1. The van der Waals surface area contributed by atoms with E-state index in [1.807, 2.05) is 0 Å². The van der Waals surface area contributed by atoms with Crippen molar-refractivity contribution < 1.29 is 22.7 Å². The van der Waals surface area contributed by atoms with Crippen LogP contribution in [0.3, 0.4) is 0 Å². The van der Waals surface area contributed by atoms with Crippen molar-refractivity contribution in [1.82, 2.24) is 15.2 Å². The molecule has 1 aliphatic carbocycles. The second kappa shape index (κ2) is 10.3. The number of carbonyl (C=O) groups is 1. The summed E-state index contributed by atoms with van der Waals surface area (Å²) in [5.41, 5.74) is -0.655. The van der Waals surface area contributed by atoms with Gasteiger partial charge in [-0.15, -0.1) is 17.5 Å². The number of rotatable bonds is 5. The predicted molar refractivity (Wildman–Crippen MR) is 131 cm³/mol. The second-order valence-electron chi connectivity index (χ2n) is 9.02. The highest BCUT2D eigenvalue weighted by Crippen LogP contribution is 2.40. The lowest BCUT2D eigenvalue weighted by Gasteiger charge is -2.35. The summed E-state index contributed by atoms with van der Waals surface area (Å²) in [6, 6.07) is 12.3. The van der Waals surface area contributed by atoms with Crippen molar-refractivity contribution in [3.8, 4) is 11.1 Å². The third kappa shape index (κ3) is 5.38. The second-order valence-corrected chi connectivity index (χ2v) is 9.02. The molecule has 2 aromatic heterocycles. The molecule has 1 N–H and O–H groups in total. The van der Waals surface area contributed by atoms with Gasteiger partial charge in [0.2, 0.25) is 0 Å². The van der Waals surface area contributed by atoms with Gasteiger partial charge in [0, 0.05) is 24.5 Å². The maximum Gasteiger partial charge on any atom is 0.417 e. The molecule has 2 aliphatic rings. The third-order valence-electron chi connectivity index (χ3n) is 6.70. The Bertz CT molecular complexity index is 1190. The van der Waals surface area contributed by atoms with Gasteiger partial charge < -0.3 is 10.1 Å². The average molecular weight is 520 g/mol. The zero-order valence-corrected chi connectivity index (χ0v) is 20.1. The minimum Gasteiger partial charge on any atom is -0.441 e. The summed E-state index contributed by atoms with van der Waals surface area (Å²) >= 11 is 0. The van der Waals surface area contributed by atoms with Crippen molar-refractivity contribution in [3.63, 3.8) is 0 Å². The van der Waals surface area contributed by atoms with Crippen molar-refractivity contribution >= 4 is 30.1 Å². The van der Waals surface area contributed by atoms with Gasteiger partial charge in [-0.05, 0) is 67.5 Å². The Balaban J connectivity index is 0.00000304. The van der Waals surface area contributed by atoms with E-state index in [2.05, 4.69) is 20.5 Å². The molecule has 5 rings (SSSR count). The predicted octanol–water partition coefficient (Wildman–Crippen LogP) is 5.98. The van der Waals surface area contributed by atoms with Crippen LogP contribution in [0.15, 0.2) is 60.9 Å². The van der Waals surface area contributed by atoms with E-state index < -0.39 is 23.4 Å². The van der Waals surface area contributed by atoms with Gasteiger partial charge in [-0.3, -0.25) is 4.90 Å². The first-order chi connectivity index (χ1) is 16.8. The van der Waals surface area contributed by atoms with Gasteiger partial charge in [-0.1, -0.05) is 18.2 Å². The largest absolute Gasteiger partial charge is 0.441 e. The Morgan fingerprint density at radius 3 is 2.53 bits per heavy atom. The van der Waals surface area contributed by atoms with Crippen LogP contribution in [0, 0.1) is 5.92 Å². The molecule has 190 valence electrons. The highest BCUT2D eigenvalue weighted by Gasteiger charge is 2.48. The molecule has 0 atom stereocenters. The minimum absolute atomic E-state index is 0. The van der Waals surface area contributed by atoms with E-state index in [0.717, 1.165) is 31.7 Å². The van der Waals surface area contributed by atoms with Gasteiger partial charge in [0.25, 0.3) is 0 Å². The summed E-state index contributed by atoms with van der Waals surface area (Å²) in [4.78, 5) is 18.3. The van der Waals surface area contributed by atoms with Crippen molar-refractivity contribution in [3.05, 3.63) is 66.5 Å². The van der Waals surface area contributed by atoms with Gasteiger partial charge in [0.1, 0.15) is 11.4 Å². The van der Waals surface area contributed by atoms with Crippen LogP contribution in [0.5, 0.6) is 0 Å². The minimum atomic E-state index is -4.43. The van der Waals surface area contributed by atoms with E-state index >= 15 is 0 Å². The van der Waals surface area contributed by atoms with Crippen LogP contribution in [0.2, 0.25) is 0 Å². The highest BCUT2D eigenvalue weighted by atomic mass is 35.5. The molecule has 3 heterocycles. The monoisotopic (exact) mass is 519 g/mol. The van der Waals surface area contributed by atoms with Crippen LogP contribution in [-0.2, 0) is 10.9 Å². The number of nitrogens with zero attached hydrogens (tertiary/aromatic N) is 4. The number of alkyl halides is 3. The molecular formula is C25H25ClF3N5O2. The fourth-order valence-electron chi connectivity index (χ4n) is 4.79. The molecule has 0 bridgehead atoms. The zero-order chi connectivity index (χ0) is 24.5. The number of halogens is 4. The quantitative estimate of drug-likeness (QED) is 0.447. The number of anilines is 2. The van der Waals surface area contributed by atoms with E-state index in [-0.39, 0.29) is 18.0 Å². The molecule has 1 aromatic carbocycles. The maximum absolute atomic E-state index is 13.3. The summed E-state index contributed by atoms with van der Waals surface area (Å²) < 4.78 is 45.7. The van der Waals surface area contributed by atoms with Gasteiger partial charge in [-0.2, -0.15) is 18.3 Å². The highest BCUT2D eigenvalue weighted by molar-refractivity contribution is 5.89. The summed E-state index contributed by atoms with van der Waals surface area (Å²) in [7, 11) is 0. The van der Waals surface area contributed by atoms with Gasteiger partial charge in [0.05, 0.1) is 12.1 Å². The van der Waals surface area contributed by atoms with Crippen molar-refractivity contribution in [2.24, 2.45) is 5.92 Å². The number of hydrogen-bond donors (Lipinski definition) is 1. The number of pyridine rings is 1. The van der Waals surface area contributed by atoms with Crippen molar-refractivity contribution in [2.45, 2.75) is 37.5 Å². The van der Waals surface area contributed by atoms with Gasteiger partial charge >= 0.3 is 12.3 Å². The number of carbonyl (C=O) groups excluding carboxylic acids is 1. The number of ether oxygens (including phenoxy) is 1. The first-order valence-electron chi connectivity index (χ1n) is 11.5. The van der Waals surface area contributed by atoms with Crippen LogP contribution in [-0.4, -0.2) is 40.0 Å². The molecular weight excluding hydrogens is 495 g/mol. The Labute approximate surface area is 212 Å². The number of amides is 1. The standard InChI is InChI=1S/C25H24F3N5O2.ClH/c26-25(27,28)20-5-2-1-4-19(20)18-7-8-21(30-15-18)29-14-17-9-11-24(12-10-17)16-33(23(34)35-24)22-6-3-13-31-32-22;/h1-8,13,15,17H,9-12,14,16H2,(H,29,30);1H/t17-,24-;. The molecule has 0 unspecified atom stereocenters. The normalized spacial score (nSPS) is 21.7. The molecule has 11 heteroatoms. The lowest BCUT2D eigenvalue weighted by atomic mass is 9.78. The van der Waals surface area contributed by atoms with E-state index in [1.165, 1.54) is 23.2 Å². The van der Waals surface area contributed by atoms with Gasteiger partial charge in [0.15, 0.2) is 5.82 Å². The summed E-state index contributed by atoms with van der Waals surface area (Å²) in [5.74, 6) is 1.47. The van der Waals surface area contributed by atoms with Crippen molar-refractivity contribution in [1.29, 1.82) is 0 Å². The van der Waals surface area contributed by atoms with Crippen LogP contribution >= 0.6 is 12.4 Å². The smallest absolute Gasteiger partial charge is 0.417 e. The maximum atomic E-state index is 13.3. The molecule has 0 radical (unpaired) electrons. The number of hydrogen-bond acceptors (Lipinski definition) is 6. The first-order valence-corrected chi connectivity index (χ1v) is 11.5. The molecule has 1 saturated heterocycles. The Hall–Kier alpha value is -3.40. The Kier molecular flexibility index (Phi) is 7.35. The number of nitrogens with one attached hydrogen (secondary N) is 1. The lowest BCUT2D eigenvalue weighted by molar-refractivity contribution is -0.137. The third-order valence-corrected chi connectivity index (χ3v) is 6.70. The van der Waals surface area contributed by atoms with Crippen LogP contribution < -0.4 is 10.2 Å². The SMILES string of the molecule is Cl.O=C1O[C@]2(CC[C@H](CNc3ccc(-c4ccccc4C(F)(F)F)cn3)CC2)CN1c1cccnn1. The topological polar surface area (TPSA) is 80.2 Å². The van der Waals surface area contributed by atoms with E-state index in [9.17, 15) is 18.0 Å². The van der Waals surface area contributed by atoms with E-state index in [4.69, 9.17) is 4.74 Å². The van der Waals surface area contributed by atoms with Crippen LogP contribution in [0.4, 0.5) is 29.6 Å². The molecule has 1 aliphatic heterocycles. The van der Waals surface area contributed by atoms with Crippen molar-refractivity contribution in [2.75, 3.05) is 23.3 Å². The Morgan fingerprint density at radius 2 is 1.86 bits per heavy atom. The molecule has 1 amide bonds. The van der Waals surface area contributed by atoms with E-state index in [0.29, 0.717) is 36.2 Å². The van der Waals surface area contributed by atoms with E-state index in [1.54, 1.807) is 36.5 Å².